The molecule has 16 rings (SSSR count). The first kappa shape index (κ1) is 45.0. The van der Waals surface area contributed by atoms with E-state index in [0.717, 1.165) is 122 Å². The number of aromatic nitrogens is 5. The molecule has 13 aromatic carbocycles. The Morgan fingerprint density at radius 1 is 0.244 bits per heavy atom. The highest BCUT2D eigenvalue weighted by Gasteiger charge is 2.25. The second-order valence-corrected chi connectivity index (χ2v) is 21.5. The van der Waals surface area contributed by atoms with Crippen LogP contribution in [0, 0.1) is 0 Å². The number of hydrogen-bond acceptors (Lipinski definition) is 3. The minimum Gasteiger partial charge on any atom is -0.307 e. The normalized spacial score (nSPS) is 12.3. The molecule has 16 aromatic rings. The van der Waals surface area contributed by atoms with Crippen molar-refractivity contribution in [1.29, 1.82) is 0 Å². The van der Waals surface area contributed by atoms with Crippen molar-refractivity contribution >= 4 is 43.6 Å². The lowest BCUT2D eigenvalue weighted by Gasteiger charge is -2.17. The summed E-state index contributed by atoms with van der Waals surface area (Å²) < 4.78 is 49.2. The van der Waals surface area contributed by atoms with Gasteiger partial charge in [0.2, 0.25) is 0 Å². The molecule has 0 saturated heterocycles. The summed E-state index contributed by atoms with van der Waals surface area (Å²) in [5.41, 5.74) is 18.9. The molecule has 0 aliphatic carbocycles. The van der Waals surface area contributed by atoms with Gasteiger partial charge >= 0.3 is 0 Å². The second kappa shape index (κ2) is 21.3. The van der Waals surface area contributed by atoms with Crippen molar-refractivity contribution in [3.63, 3.8) is 0 Å². The topological polar surface area (TPSA) is 48.5 Å². The molecule has 0 atom stereocenters. The fraction of sp³-hybridized carbons (Fsp3) is 0. The minimum absolute atomic E-state index is 0.140. The van der Waals surface area contributed by atoms with Crippen LogP contribution in [-0.2, 0) is 0 Å². The molecule has 0 fully saturated rings. The maximum atomic E-state index is 9.21. The summed E-state index contributed by atoms with van der Waals surface area (Å²) in [5.74, 6) is 1.60. The van der Waals surface area contributed by atoms with Gasteiger partial charge in [-0.3, -0.25) is 0 Å². The van der Waals surface area contributed by atoms with E-state index in [-0.39, 0.29) is 29.7 Å². The minimum atomic E-state index is -0.435. The van der Waals surface area contributed by atoms with Crippen molar-refractivity contribution in [3.8, 4) is 112 Å². The predicted octanol–water partition coefficient (Wildman–Crippen LogP) is 21.1. The van der Waals surface area contributed by atoms with Gasteiger partial charge in [0.1, 0.15) is 0 Å². The first-order chi connectivity index (χ1) is 44.7. The fourth-order valence-corrected chi connectivity index (χ4v) is 12.4. The van der Waals surface area contributed by atoms with Crippen molar-refractivity contribution < 1.29 is 6.85 Å². The summed E-state index contributed by atoms with van der Waals surface area (Å²) in [7, 11) is 0. The van der Waals surface area contributed by atoms with Gasteiger partial charge in [-0.2, -0.15) is 0 Å². The van der Waals surface area contributed by atoms with Crippen LogP contribution in [0.3, 0.4) is 0 Å². The van der Waals surface area contributed by atoms with E-state index in [1.165, 1.54) is 0 Å². The van der Waals surface area contributed by atoms with E-state index in [9.17, 15) is 2.74 Å². The molecule has 3 aromatic heterocycles. The van der Waals surface area contributed by atoms with Crippen LogP contribution in [0.4, 0.5) is 0 Å². The molecule has 5 nitrogen and oxygen atoms in total. The van der Waals surface area contributed by atoms with Gasteiger partial charge in [0, 0.05) is 49.6 Å². The smallest absolute Gasteiger partial charge is 0.164 e. The van der Waals surface area contributed by atoms with Crippen molar-refractivity contribution in [2.75, 3.05) is 0 Å². The van der Waals surface area contributed by atoms with Crippen molar-refractivity contribution in [2.45, 2.75) is 0 Å². The van der Waals surface area contributed by atoms with E-state index in [1.807, 2.05) is 66.7 Å². The van der Waals surface area contributed by atoms with Crippen molar-refractivity contribution in [1.82, 2.24) is 24.1 Å². The molecule has 0 aliphatic rings. The maximum Gasteiger partial charge on any atom is 0.164 e. The molecule has 0 radical (unpaired) electrons. The third-order valence-corrected chi connectivity index (χ3v) is 16.5. The summed E-state index contributed by atoms with van der Waals surface area (Å²) in [5, 5.41) is 4.21. The van der Waals surface area contributed by atoms with E-state index in [1.54, 1.807) is 0 Å². The van der Waals surface area contributed by atoms with Crippen molar-refractivity contribution in [2.24, 2.45) is 0 Å². The van der Waals surface area contributed by atoms with Gasteiger partial charge in [0.05, 0.1) is 28.9 Å². The van der Waals surface area contributed by atoms with Crippen LogP contribution in [0.1, 0.15) is 6.85 Å². The molecule has 86 heavy (non-hydrogen) atoms. The Morgan fingerprint density at radius 2 is 0.686 bits per heavy atom. The monoisotopic (exact) mass is 1100 g/mol. The van der Waals surface area contributed by atoms with Crippen LogP contribution >= 0.6 is 0 Å². The van der Waals surface area contributed by atoms with E-state index < -0.39 is 6.04 Å². The molecule has 0 aliphatic heterocycles. The molecule has 5 heteroatoms. The molecule has 0 unspecified atom stereocenters. The van der Waals surface area contributed by atoms with Gasteiger partial charge in [-0.25, -0.2) is 15.0 Å². The molecular weight excluding hydrogens is 1040 g/mol. The lowest BCUT2D eigenvalue weighted by molar-refractivity contribution is 1.07. The summed E-state index contributed by atoms with van der Waals surface area (Å²) in [6.45, 7) is 0. The van der Waals surface area contributed by atoms with Gasteiger partial charge in [0.15, 0.2) is 17.5 Å². The van der Waals surface area contributed by atoms with Crippen LogP contribution in [0.25, 0.3) is 156 Å². The SMILES string of the molecule is [2H]c1c([2H])c([2H])c(-c2ccc(-n3c4cccc(-c5ccccc5)c4c4ccc5c6ccccc6n(-c6cc(-c7ccccc7)cc(-c7nc(-c8ccc(-c9ccccc9)cc8)nc(-c8ccc(-c9ccccc9)cc8)n7)c6)c5c43)cc2-c2ccccc2)c([2H])c1[2H]. The first-order valence-corrected chi connectivity index (χ1v) is 28.8. The van der Waals surface area contributed by atoms with E-state index in [4.69, 9.17) is 19.1 Å². The van der Waals surface area contributed by atoms with Crippen molar-refractivity contribution in [3.05, 3.63) is 321 Å². The average Bonchev–Trinajstić information content (AvgIpc) is 1.56. The Morgan fingerprint density at radius 3 is 1.28 bits per heavy atom. The van der Waals surface area contributed by atoms with Gasteiger partial charge in [-0.05, 0) is 109 Å². The van der Waals surface area contributed by atoms with Gasteiger partial charge in [0.25, 0.3) is 0 Å². The summed E-state index contributed by atoms with van der Waals surface area (Å²) in [6.07, 6.45) is 0. The highest BCUT2D eigenvalue weighted by Crippen LogP contribution is 2.46. The van der Waals surface area contributed by atoms with Crippen LogP contribution in [0.2, 0.25) is 0 Å². The zero-order valence-electron chi connectivity index (χ0n) is 51.4. The maximum absolute atomic E-state index is 9.21. The van der Waals surface area contributed by atoms with Gasteiger partial charge in [-0.1, -0.05) is 279 Å². The van der Waals surface area contributed by atoms with E-state index in [2.05, 4.69) is 234 Å². The Bertz CT molecular complexity index is 5350. The Labute approximate surface area is 505 Å². The summed E-state index contributed by atoms with van der Waals surface area (Å²) in [6, 6.07) is 99.0. The zero-order valence-corrected chi connectivity index (χ0v) is 46.4. The molecule has 0 spiro atoms. The standard InChI is InChI=1S/C81H53N5/c1-7-22-54(23-8-1)57-38-42-62(43-39-57)79-82-80(63-44-40-58(41-45-63)55-24-9-2-10-25-55)84-81(83-79)65-50-64(56-26-11-3-12-27-56)51-67(52-65)86-74-36-20-19-34-70(74)71-48-49-72-76-69(60-30-15-5-16-31-60)35-21-37-75(76)85(78(72)77(71)86)66-46-47-68(59-28-13-4-14-29-59)73(53-66)61-32-17-6-18-33-61/h1-53H/i4D,13D,14D,28D,29D. The third-order valence-electron chi connectivity index (χ3n) is 16.5. The van der Waals surface area contributed by atoms with Gasteiger partial charge in [-0.15, -0.1) is 0 Å². The number of nitrogens with zero attached hydrogens (tertiary/aromatic N) is 5. The third kappa shape index (κ3) is 8.94. The second-order valence-electron chi connectivity index (χ2n) is 21.5. The van der Waals surface area contributed by atoms with E-state index in [0.29, 0.717) is 28.6 Å². The molecule has 0 saturated carbocycles. The quantitative estimate of drug-likeness (QED) is 0.130. The van der Waals surface area contributed by atoms with Crippen LogP contribution in [-0.4, -0.2) is 24.1 Å². The van der Waals surface area contributed by atoms with Crippen LogP contribution in [0.15, 0.2) is 321 Å². The van der Waals surface area contributed by atoms with Crippen LogP contribution < -0.4 is 0 Å². The highest BCUT2D eigenvalue weighted by atomic mass is 15.1. The molecular formula is C81H53N5. The lowest BCUT2D eigenvalue weighted by Crippen LogP contribution is -2.02. The Kier molecular flexibility index (Phi) is 11.2. The Balaban J connectivity index is 0.981. The summed E-state index contributed by atoms with van der Waals surface area (Å²) in [4.78, 5) is 16.1. The predicted molar refractivity (Wildman–Crippen MR) is 357 cm³/mol. The van der Waals surface area contributed by atoms with E-state index >= 15 is 0 Å². The zero-order chi connectivity index (χ0) is 61.3. The molecule has 0 bridgehead atoms. The lowest BCUT2D eigenvalue weighted by atomic mass is 9.94. The molecule has 402 valence electrons. The largest absolute Gasteiger partial charge is 0.307 e. The average molecular weight is 1100 g/mol. The first-order valence-electron chi connectivity index (χ1n) is 31.3. The molecule has 0 N–H and O–H groups in total. The number of benzene rings is 13. The number of para-hydroxylation sites is 1. The fourth-order valence-electron chi connectivity index (χ4n) is 12.4. The summed E-state index contributed by atoms with van der Waals surface area (Å²) >= 11 is 0. The number of hydrogen-bond donors (Lipinski definition) is 0. The Hall–Kier alpha value is -11.5. The van der Waals surface area contributed by atoms with Gasteiger partial charge < -0.3 is 9.13 Å². The number of rotatable bonds is 11. The number of fused-ring (bicyclic) bond motifs is 7. The molecule has 0 amide bonds. The highest BCUT2D eigenvalue weighted by molar-refractivity contribution is 6.26. The van der Waals surface area contributed by atoms with Crippen LogP contribution in [0.5, 0.6) is 0 Å². The molecule has 3 heterocycles.